The first-order chi connectivity index (χ1) is 16.1. The van der Waals surface area contributed by atoms with Crippen molar-refractivity contribution >= 4 is 28.2 Å². The summed E-state index contributed by atoms with van der Waals surface area (Å²) < 4.78 is 62.1. The zero-order valence-electron chi connectivity index (χ0n) is 18.9. The minimum atomic E-state index is -4.30. The number of ether oxygens (including phenoxy) is 1. The van der Waals surface area contributed by atoms with Gasteiger partial charge in [-0.25, -0.2) is 4.39 Å². The van der Waals surface area contributed by atoms with Gasteiger partial charge < -0.3 is 9.64 Å². The van der Waals surface area contributed by atoms with Crippen molar-refractivity contribution in [3.63, 3.8) is 0 Å². The summed E-state index contributed by atoms with van der Waals surface area (Å²) in [6.07, 6.45) is -4.17. The number of fused-ring (bicyclic) bond motifs is 4. The van der Waals surface area contributed by atoms with Crippen LogP contribution in [-0.2, 0) is 6.42 Å². The smallest absolute Gasteiger partial charge is 0.393 e. The van der Waals surface area contributed by atoms with Crippen molar-refractivity contribution < 1.29 is 22.3 Å². The molecule has 34 heavy (non-hydrogen) atoms. The maximum atomic E-state index is 14.3. The van der Waals surface area contributed by atoms with Gasteiger partial charge in [-0.1, -0.05) is 26.0 Å². The number of halogens is 4. The van der Waals surface area contributed by atoms with E-state index in [1.165, 1.54) is 26.0 Å². The van der Waals surface area contributed by atoms with Crippen LogP contribution in [0.2, 0.25) is 0 Å². The maximum Gasteiger partial charge on any atom is 0.393 e. The second-order valence-electron chi connectivity index (χ2n) is 9.13. The van der Waals surface area contributed by atoms with Crippen molar-refractivity contribution in [2.24, 2.45) is 5.41 Å². The summed E-state index contributed by atoms with van der Waals surface area (Å²) in [6, 6.07) is 9.86. The van der Waals surface area contributed by atoms with E-state index in [1.54, 1.807) is 29.5 Å². The standard InChI is InChI=1S/C24H23F4N5O/c1-14-30-31-22-29-21(17-13-16(25)7-8-18(17)33(14)22)32-11-12-34-20-15(5-4-6-19(20)32)9-10-23(2,3)24(26,27)28/h4-8,13H,9-12H2,1-3H3. The van der Waals surface area contributed by atoms with Crippen molar-refractivity contribution in [1.29, 1.82) is 0 Å². The summed E-state index contributed by atoms with van der Waals surface area (Å²) in [5.41, 5.74) is 0.247. The lowest BCUT2D eigenvalue weighted by Gasteiger charge is -2.33. The Balaban J connectivity index is 1.61. The van der Waals surface area contributed by atoms with E-state index < -0.39 is 17.4 Å². The fraction of sp³-hybridized carbons (Fsp3) is 0.375. The van der Waals surface area contributed by atoms with E-state index >= 15 is 0 Å². The number of hydrogen-bond acceptors (Lipinski definition) is 5. The third-order valence-electron chi connectivity index (χ3n) is 6.42. The predicted octanol–water partition coefficient (Wildman–Crippen LogP) is 5.78. The van der Waals surface area contributed by atoms with Gasteiger partial charge in [-0.3, -0.25) is 4.40 Å². The summed E-state index contributed by atoms with van der Waals surface area (Å²) in [7, 11) is 0. The molecule has 1 aliphatic rings. The zero-order chi connectivity index (χ0) is 24.3. The minimum Gasteiger partial charge on any atom is -0.489 e. The number of aryl methyl sites for hydroxylation is 2. The van der Waals surface area contributed by atoms with Gasteiger partial charge in [0.05, 0.1) is 23.2 Å². The molecule has 0 atom stereocenters. The Morgan fingerprint density at radius 2 is 1.88 bits per heavy atom. The molecule has 1 aliphatic heterocycles. The fourth-order valence-electron chi connectivity index (χ4n) is 4.26. The van der Waals surface area contributed by atoms with Crippen LogP contribution in [0.15, 0.2) is 36.4 Å². The van der Waals surface area contributed by atoms with Crippen molar-refractivity contribution in [3.8, 4) is 5.75 Å². The number of rotatable bonds is 4. The highest BCUT2D eigenvalue weighted by atomic mass is 19.4. The Hall–Kier alpha value is -3.43. The Bertz CT molecular complexity index is 1400. The molecule has 3 heterocycles. The van der Waals surface area contributed by atoms with Gasteiger partial charge in [0.2, 0.25) is 0 Å². The summed E-state index contributed by atoms with van der Waals surface area (Å²) in [6.45, 7) is 4.95. The molecule has 4 aromatic rings. The van der Waals surface area contributed by atoms with Crippen LogP contribution in [0.1, 0.15) is 31.7 Å². The summed E-state index contributed by atoms with van der Waals surface area (Å²) >= 11 is 0. The number of para-hydroxylation sites is 1. The second kappa shape index (κ2) is 7.82. The van der Waals surface area contributed by atoms with Gasteiger partial charge in [0.25, 0.3) is 5.78 Å². The highest BCUT2D eigenvalue weighted by Crippen LogP contribution is 2.44. The van der Waals surface area contributed by atoms with Crippen molar-refractivity contribution in [1.82, 2.24) is 19.6 Å². The molecule has 0 bridgehead atoms. The first kappa shape index (κ1) is 22.4. The number of alkyl halides is 3. The first-order valence-corrected chi connectivity index (χ1v) is 11.0. The summed E-state index contributed by atoms with van der Waals surface area (Å²) in [5, 5.41) is 8.82. The molecule has 10 heteroatoms. The Kier molecular flexibility index (Phi) is 5.14. The van der Waals surface area contributed by atoms with Gasteiger partial charge >= 0.3 is 6.18 Å². The Morgan fingerprint density at radius 1 is 1.09 bits per heavy atom. The number of hydrogen-bond donors (Lipinski definition) is 0. The second-order valence-corrected chi connectivity index (χ2v) is 9.13. The SMILES string of the molecule is Cc1nnc2nc(N3CCOc4c(CCC(C)(C)C(F)(F)F)cccc43)c3cc(F)ccc3n12. The van der Waals surface area contributed by atoms with E-state index in [2.05, 4.69) is 15.2 Å². The highest BCUT2D eigenvalue weighted by molar-refractivity contribution is 5.94. The topological polar surface area (TPSA) is 55.5 Å². The molecule has 5 rings (SSSR count). The Morgan fingerprint density at radius 3 is 2.65 bits per heavy atom. The first-order valence-electron chi connectivity index (χ1n) is 11.0. The predicted molar refractivity (Wildman–Crippen MR) is 120 cm³/mol. The van der Waals surface area contributed by atoms with E-state index in [-0.39, 0.29) is 12.8 Å². The van der Waals surface area contributed by atoms with Crippen molar-refractivity contribution in [2.75, 3.05) is 18.1 Å². The number of benzene rings is 2. The maximum absolute atomic E-state index is 14.3. The van der Waals surface area contributed by atoms with E-state index in [0.717, 1.165) is 0 Å². The molecule has 178 valence electrons. The van der Waals surface area contributed by atoms with Gasteiger partial charge in [0, 0.05) is 5.39 Å². The normalized spacial score (nSPS) is 14.5. The number of nitrogens with zero attached hydrogens (tertiary/aromatic N) is 5. The molecule has 0 N–H and O–H groups in total. The lowest BCUT2D eigenvalue weighted by Crippen LogP contribution is -2.33. The quantitative estimate of drug-likeness (QED) is 0.352. The van der Waals surface area contributed by atoms with Crippen LogP contribution < -0.4 is 9.64 Å². The molecule has 2 aromatic heterocycles. The minimum absolute atomic E-state index is 0.0757. The molecule has 6 nitrogen and oxygen atoms in total. The summed E-state index contributed by atoms with van der Waals surface area (Å²) in [5.74, 6) is 1.62. The van der Waals surface area contributed by atoms with E-state index in [0.29, 0.717) is 58.5 Å². The average molecular weight is 473 g/mol. The van der Waals surface area contributed by atoms with Crippen LogP contribution in [0.5, 0.6) is 5.75 Å². The lowest BCUT2D eigenvalue weighted by atomic mass is 9.85. The average Bonchev–Trinajstić information content (AvgIpc) is 3.16. The van der Waals surface area contributed by atoms with Crippen LogP contribution in [0.3, 0.4) is 0 Å². The Labute approximate surface area is 193 Å². The lowest BCUT2D eigenvalue weighted by molar-refractivity contribution is -0.213. The largest absolute Gasteiger partial charge is 0.489 e. The van der Waals surface area contributed by atoms with Crippen LogP contribution in [0, 0.1) is 18.2 Å². The van der Waals surface area contributed by atoms with Crippen molar-refractivity contribution in [3.05, 3.63) is 53.6 Å². The van der Waals surface area contributed by atoms with E-state index in [1.807, 2.05) is 11.0 Å². The molecule has 0 unspecified atom stereocenters. The highest BCUT2D eigenvalue weighted by Gasteiger charge is 2.46. The molecule has 0 saturated heterocycles. The molecule has 0 fully saturated rings. The molecule has 2 aromatic carbocycles. The van der Waals surface area contributed by atoms with Crippen molar-refractivity contribution in [2.45, 2.75) is 39.8 Å². The van der Waals surface area contributed by atoms with Gasteiger partial charge in [-0.2, -0.15) is 18.2 Å². The number of anilines is 2. The fourth-order valence-corrected chi connectivity index (χ4v) is 4.26. The third-order valence-corrected chi connectivity index (χ3v) is 6.42. The molecule has 0 amide bonds. The zero-order valence-corrected chi connectivity index (χ0v) is 18.9. The molecular formula is C24H23F4N5O. The molecule has 0 radical (unpaired) electrons. The molecular weight excluding hydrogens is 450 g/mol. The monoisotopic (exact) mass is 473 g/mol. The van der Waals surface area contributed by atoms with Gasteiger partial charge in [0.15, 0.2) is 0 Å². The van der Waals surface area contributed by atoms with E-state index in [9.17, 15) is 17.6 Å². The molecule has 0 aliphatic carbocycles. The van der Waals surface area contributed by atoms with Crippen LogP contribution >= 0.6 is 0 Å². The van der Waals surface area contributed by atoms with Crippen LogP contribution in [0.25, 0.3) is 16.7 Å². The summed E-state index contributed by atoms with van der Waals surface area (Å²) in [4.78, 5) is 6.59. The molecule has 0 spiro atoms. The van der Waals surface area contributed by atoms with Crippen LogP contribution in [-0.4, -0.2) is 38.9 Å². The third kappa shape index (κ3) is 3.61. The van der Waals surface area contributed by atoms with E-state index in [4.69, 9.17) is 4.74 Å². The molecule has 0 saturated carbocycles. The van der Waals surface area contributed by atoms with Gasteiger partial charge in [0.1, 0.15) is 29.8 Å². The van der Waals surface area contributed by atoms with Gasteiger partial charge in [-0.15, -0.1) is 10.2 Å². The number of aromatic nitrogens is 4. The van der Waals surface area contributed by atoms with Crippen LogP contribution in [0.4, 0.5) is 29.1 Å². The van der Waals surface area contributed by atoms with Gasteiger partial charge in [-0.05, 0) is 49.6 Å².